The molecular weight excluding hydrogens is 304 g/mol. The van der Waals surface area contributed by atoms with Gasteiger partial charge in [-0.05, 0) is 42.3 Å². The number of methoxy groups -OCH3 is 1. The lowest BCUT2D eigenvalue weighted by Crippen LogP contribution is -2.47. The summed E-state index contributed by atoms with van der Waals surface area (Å²) in [6.07, 6.45) is 0. The van der Waals surface area contributed by atoms with Crippen molar-refractivity contribution in [1.29, 1.82) is 0 Å². The Morgan fingerprint density at radius 2 is 1.58 bits per heavy atom. The molecule has 0 spiro atoms. The Kier molecular flexibility index (Phi) is 5.95. The molecule has 0 heterocycles. The number of ether oxygens (including phenoxy) is 1. The first kappa shape index (κ1) is 17.5. The molecule has 0 aromatic heterocycles. The summed E-state index contributed by atoms with van der Waals surface area (Å²) in [6, 6.07) is 15.3. The molecule has 0 saturated carbocycles. The van der Waals surface area contributed by atoms with Gasteiger partial charge in [0, 0.05) is 11.3 Å². The maximum atomic E-state index is 12.5. The van der Waals surface area contributed by atoms with Crippen LogP contribution in [0.1, 0.15) is 24.2 Å². The molecule has 0 aliphatic rings. The first-order chi connectivity index (χ1) is 11.5. The summed E-state index contributed by atoms with van der Waals surface area (Å²) in [7, 11) is 1.58. The fourth-order valence-corrected chi connectivity index (χ4v) is 2.24. The Morgan fingerprint density at radius 1 is 0.958 bits per heavy atom. The molecule has 126 valence electrons. The smallest absolute Gasteiger partial charge is 0.251 e. The molecule has 2 rings (SSSR count). The van der Waals surface area contributed by atoms with Crippen molar-refractivity contribution in [2.75, 3.05) is 12.4 Å². The van der Waals surface area contributed by atoms with E-state index in [4.69, 9.17) is 4.74 Å². The predicted molar refractivity (Wildman–Crippen MR) is 94.2 cm³/mol. The van der Waals surface area contributed by atoms with Crippen LogP contribution in [-0.2, 0) is 4.79 Å². The maximum Gasteiger partial charge on any atom is 0.251 e. The molecule has 1 atom stereocenters. The minimum Gasteiger partial charge on any atom is -0.497 e. The predicted octanol–water partition coefficient (Wildman–Crippen LogP) is 3.09. The van der Waals surface area contributed by atoms with Crippen LogP contribution in [0.15, 0.2) is 54.6 Å². The van der Waals surface area contributed by atoms with Crippen LogP contribution in [0.3, 0.4) is 0 Å². The van der Waals surface area contributed by atoms with Crippen molar-refractivity contribution in [3.05, 3.63) is 60.2 Å². The van der Waals surface area contributed by atoms with E-state index >= 15 is 0 Å². The third kappa shape index (κ3) is 4.59. The Bertz CT molecular complexity index is 682. The number of amides is 2. The second-order valence-corrected chi connectivity index (χ2v) is 5.78. The summed E-state index contributed by atoms with van der Waals surface area (Å²) >= 11 is 0. The van der Waals surface area contributed by atoms with Gasteiger partial charge in [0.25, 0.3) is 5.91 Å². The monoisotopic (exact) mass is 326 g/mol. The lowest BCUT2D eigenvalue weighted by atomic mass is 10.0. The zero-order valence-corrected chi connectivity index (χ0v) is 14.1. The summed E-state index contributed by atoms with van der Waals surface area (Å²) in [5, 5.41) is 5.62. The van der Waals surface area contributed by atoms with Gasteiger partial charge in [-0.3, -0.25) is 9.59 Å². The van der Waals surface area contributed by atoms with Crippen LogP contribution in [0.25, 0.3) is 0 Å². The highest BCUT2D eigenvalue weighted by Gasteiger charge is 2.24. The topological polar surface area (TPSA) is 67.4 Å². The minimum atomic E-state index is -0.625. The molecule has 0 radical (unpaired) electrons. The molecule has 0 bridgehead atoms. The van der Waals surface area contributed by atoms with Gasteiger partial charge in [0.2, 0.25) is 5.91 Å². The number of carbonyl (C=O) groups is 2. The summed E-state index contributed by atoms with van der Waals surface area (Å²) in [5.74, 6) is 0.153. The van der Waals surface area contributed by atoms with Crippen LogP contribution in [-0.4, -0.2) is 25.0 Å². The number of hydrogen-bond donors (Lipinski definition) is 2. The van der Waals surface area contributed by atoms with E-state index in [1.807, 2.05) is 19.9 Å². The van der Waals surface area contributed by atoms with E-state index < -0.39 is 6.04 Å². The highest BCUT2D eigenvalue weighted by atomic mass is 16.5. The van der Waals surface area contributed by atoms with E-state index in [1.165, 1.54) is 0 Å². The van der Waals surface area contributed by atoms with Gasteiger partial charge >= 0.3 is 0 Å². The Balaban J connectivity index is 2.06. The third-order valence-corrected chi connectivity index (χ3v) is 3.63. The van der Waals surface area contributed by atoms with Gasteiger partial charge in [0.05, 0.1) is 7.11 Å². The van der Waals surface area contributed by atoms with Crippen molar-refractivity contribution in [3.63, 3.8) is 0 Å². The molecule has 0 aliphatic carbocycles. The number of anilines is 1. The molecule has 24 heavy (non-hydrogen) atoms. The zero-order chi connectivity index (χ0) is 17.5. The van der Waals surface area contributed by atoms with E-state index in [2.05, 4.69) is 10.6 Å². The van der Waals surface area contributed by atoms with Crippen LogP contribution in [0.5, 0.6) is 5.75 Å². The van der Waals surface area contributed by atoms with Crippen LogP contribution in [0, 0.1) is 5.92 Å². The van der Waals surface area contributed by atoms with Crippen molar-refractivity contribution < 1.29 is 14.3 Å². The van der Waals surface area contributed by atoms with Crippen LogP contribution in [0.4, 0.5) is 5.69 Å². The zero-order valence-electron chi connectivity index (χ0n) is 14.1. The van der Waals surface area contributed by atoms with Crippen molar-refractivity contribution in [2.45, 2.75) is 19.9 Å². The average Bonchev–Trinajstić information content (AvgIpc) is 2.60. The molecule has 5 heteroatoms. The Hall–Kier alpha value is -2.82. The fourth-order valence-electron chi connectivity index (χ4n) is 2.24. The first-order valence-corrected chi connectivity index (χ1v) is 7.82. The lowest BCUT2D eigenvalue weighted by Gasteiger charge is -2.22. The summed E-state index contributed by atoms with van der Waals surface area (Å²) in [5.41, 5.74) is 1.18. The molecule has 0 aliphatic heterocycles. The molecule has 2 aromatic rings. The highest BCUT2D eigenvalue weighted by molar-refractivity contribution is 6.01. The van der Waals surface area contributed by atoms with Gasteiger partial charge in [-0.25, -0.2) is 0 Å². The number of carbonyl (C=O) groups excluding carboxylic acids is 2. The Morgan fingerprint density at radius 3 is 2.12 bits per heavy atom. The van der Waals surface area contributed by atoms with E-state index in [-0.39, 0.29) is 17.7 Å². The van der Waals surface area contributed by atoms with Crippen LogP contribution in [0.2, 0.25) is 0 Å². The number of nitrogens with one attached hydrogen (secondary N) is 2. The number of rotatable bonds is 6. The largest absolute Gasteiger partial charge is 0.497 e. The van der Waals surface area contributed by atoms with Crippen LogP contribution < -0.4 is 15.4 Å². The van der Waals surface area contributed by atoms with Gasteiger partial charge in [0.15, 0.2) is 0 Å². The van der Waals surface area contributed by atoms with Crippen molar-refractivity contribution in [3.8, 4) is 5.75 Å². The second-order valence-electron chi connectivity index (χ2n) is 5.78. The van der Waals surface area contributed by atoms with Gasteiger partial charge < -0.3 is 15.4 Å². The standard InChI is InChI=1S/C19H22N2O3/c1-13(2)17(21-18(22)14-7-5-4-6-8-14)19(23)20-15-9-11-16(24-3)12-10-15/h4-13,17H,1-3H3,(H,20,23)(H,21,22)/t17-/m0/s1. The SMILES string of the molecule is COc1ccc(NC(=O)[C@@H](NC(=O)c2ccccc2)C(C)C)cc1. The summed E-state index contributed by atoms with van der Waals surface area (Å²) < 4.78 is 5.09. The van der Waals surface area contributed by atoms with Crippen molar-refractivity contribution in [2.24, 2.45) is 5.92 Å². The van der Waals surface area contributed by atoms with Crippen molar-refractivity contribution >= 4 is 17.5 Å². The molecule has 5 nitrogen and oxygen atoms in total. The third-order valence-electron chi connectivity index (χ3n) is 3.63. The molecule has 0 unspecified atom stereocenters. The number of benzene rings is 2. The minimum absolute atomic E-state index is 0.0455. The quantitative estimate of drug-likeness (QED) is 0.857. The average molecular weight is 326 g/mol. The lowest BCUT2D eigenvalue weighted by molar-refractivity contribution is -0.118. The first-order valence-electron chi connectivity index (χ1n) is 7.82. The molecule has 2 N–H and O–H groups in total. The fraction of sp³-hybridized carbons (Fsp3) is 0.263. The number of hydrogen-bond acceptors (Lipinski definition) is 3. The van der Waals surface area contributed by atoms with Crippen molar-refractivity contribution in [1.82, 2.24) is 5.32 Å². The van der Waals surface area contributed by atoms with Crippen LogP contribution >= 0.6 is 0 Å². The van der Waals surface area contributed by atoms with E-state index in [9.17, 15) is 9.59 Å². The second kappa shape index (κ2) is 8.15. The summed E-state index contributed by atoms with van der Waals surface area (Å²) in [6.45, 7) is 3.78. The van der Waals surface area contributed by atoms with E-state index in [0.29, 0.717) is 17.0 Å². The molecule has 2 aromatic carbocycles. The molecule has 2 amide bonds. The highest BCUT2D eigenvalue weighted by Crippen LogP contribution is 2.16. The van der Waals surface area contributed by atoms with Gasteiger partial charge in [-0.15, -0.1) is 0 Å². The summed E-state index contributed by atoms with van der Waals surface area (Å²) in [4.78, 5) is 24.8. The normalized spacial score (nSPS) is 11.7. The van der Waals surface area contributed by atoms with Gasteiger partial charge in [0.1, 0.15) is 11.8 Å². The molecule has 0 fully saturated rings. The molecule has 0 saturated heterocycles. The maximum absolute atomic E-state index is 12.5. The van der Waals surface area contributed by atoms with Gasteiger partial charge in [-0.1, -0.05) is 32.0 Å². The Labute approximate surface area is 142 Å². The van der Waals surface area contributed by atoms with E-state index in [0.717, 1.165) is 0 Å². The van der Waals surface area contributed by atoms with Gasteiger partial charge in [-0.2, -0.15) is 0 Å². The van der Waals surface area contributed by atoms with E-state index in [1.54, 1.807) is 55.6 Å². The molecular formula is C19H22N2O3.